The molecule has 2 heterocycles. The van der Waals surface area contributed by atoms with Crippen molar-refractivity contribution < 1.29 is 4.79 Å². The van der Waals surface area contributed by atoms with Gasteiger partial charge in [0.15, 0.2) is 0 Å². The highest BCUT2D eigenvalue weighted by molar-refractivity contribution is 7.15. The van der Waals surface area contributed by atoms with E-state index in [-0.39, 0.29) is 11.8 Å². The Morgan fingerprint density at radius 2 is 2.29 bits per heavy atom. The first-order chi connectivity index (χ1) is 8.15. The standard InChI is InChI=1S/C11H13N3OS2/c1-7(2)10(15)12-11-14-13-9(17-11)6-8-4-3-5-16-8/h3-5,7H,6H2,1-2H3,(H,12,14,15). The Balaban J connectivity index is 1.99. The Morgan fingerprint density at radius 3 is 2.94 bits per heavy atom. The van der Waals surface area contributed by atoms with Crippen molar-refractivity contribution in [3.05, 3.63) is 27.4 Å². The van der Waals surface area contributed by atoms with Crippen LogP contribution in [0.4, 0.5) is 5.13 Å². The third kappa shape index (κ3) is 3.34. The molecule has 0 aliphatic rings. The van der Waals surface area contributed by atoms with Crippen LogP contribution in [-0.4, -0.2) is 16.1 Å². The maximum Gasteiger partial charge on any atom is 0.228 e. The van der Waals surface area contributed by atoms with E-state index in [1.165, 1.54) is 16.2 Å². The Morgan fingerprint density at radius 1 is 1.47 bits per heavy atom. The van der Waals surface area contributed by atoms with Crippen molar-refractivity contribution in [1.29, 1.82) is 0 Å². The molecule has 4 nitrogen and oxygen atoms in total. The quantitative estimate of drug-likeness (QED) is 0.926. The van der Waals surface area contributed by atoms with Gasteiger partial charge in [-0.3, -0.25) is 4.79 Å². The SMILES string of the molecule is CC(C)C(=O)Nc1nnc(Cc2cccs2)s1. The maximum atomic E-state index is 11.5. The second-order valence-corrected chi connectivity index (χ2v) is 6.00. The summed E-state index contributed by atoms with van der Waals surface area (Å²) < 4.78 is 0. The minimum atomic E-state index is -0.0420. The summed E-state index contributed by atoms with van der Waals surface area (Å²) in [5, 5.41) is 14.3. The van der Waals surface area contributed by atoms with E-state index in [2.05, 4.69) is 21.6 Å². The van der Waals surface area contributed by atoms with E-state index < -0.39 is 0 Å². The molecule has 0 unspecified atom stereocenters. The largest absolute Gasteiger partial charge is 0.300 e. The van der Waals surface area contributed by atoms with Gasteiger partial charge < -0.3 is 5.32 Å². The molecule has 0 atom stereocenters. The van der Waals surface area contributed by atoms with Gasteiger partial charge in [0.1, 0.15) is 5.01 Å². The molecule has 6 heteroatoms. The van der Waals surface area contributed by atoms with Crippen molar-refractivity contribution in [1.82, 2.24) is 10.2 Å². The molecule has 1 amide bonds. The van der Waals surface area contributed by atoms with Crippen LogP contribution >= 0.6 is 22.7 Å². The minimum absolute atomic E-state index is 0.0242. The summed E-state index contributed by atoms with van der Waals surface area (Å²) in [5.74, 6) is -0.0662. The van der Waals surface area contributed by atoms with Crippen LogP contribution in [0.2, 0.25) is 0 Å². The molecular weight excluding hydrogens is 254 g/mol. The van der Waals surface area contributed by atoms with Gasteiger partial charge in [-0.05, 0) is 11.4 Å². The van der Waals surface area contributed by atoms with E-state index in [0.29, 0.717) is 5.13 Å². The summed E-state index contributed by atoms with van der Waals surface area (Å²) in [6.07, 6.45) is 0.785. The molecule has 2 aromatic heterocycles. The molecule has 0 saturated carbocycles. The summed E-state index contributed by atoms with van der Waals surface area (Å²) in [4.78, 5) is 12.7. The first kappa shape index (κ1) is 12.2. The van der Waals surface area contributed by atoms with Crippen LogP contribution in [0, 0.1) is 5.92 Å². The number of thiophene rings is 1. The first-order valence-corrected chi connectivity index (χ1v) is 7.00. The fraction of sp³-hybridized carbons (Fsp3) is 0.364. The highest BCUT2D eigenvalue weighted by Gasteiger charge is 2.11. The van der Waals surface area contributed by atoms with Crippen LogP contribution in [0.5, 0.6) is 0 Å². The Kier molecular flexibility index (Phi) is 3.86. The van der Waals surface area contributed by atoms with Crippen molar-refractivity contribution in [3.8, 4) is 0 Å². The third-order valence-electron chi connectivity index (χ3n) is 2.13. The summed E-state index contributed by atoms with van der Waals surface area (Å²) in [7, 11) is 0. The highest BCUT2D eigenvalue weighted by Crippen LogP contribution is 2.21. The summed E-state index contributed by atoms with van der Waals surface area (Å²) in [6, 6.07) is 4.08. The Labute approximate surface area is 108 Å². The smallest absolute Gasteiger partial charge is 0.228 e. The van der Waals surface area contributed by atoms with E-state index in [1.54, 1.807) is 11.3 Å². The normalized spacial score (nSPS) is 10.8. The number of nitrogens with zero attached hydrogens (tertiary/aromatic N) is 2. The fourth-order valence-corrected chi connectivity index (χ4v) is 2.75. The monoisotopic (exact) mass is 267 g/mol. The van der Waals surface area contributed by atoms with Gasteiger partial charge in [0.2, 0.25) is 11.0 Å². The third-order valence-corrected chi connectivity index (χ3v) is 3.84. The molecule has 0 saturated heterocycles. The van der Waals surface area contributed by atoms with E-state index in [9.17, 15) is 4.79 Å². The lowest BCUT2D eigenvalue weighted by atomic mass is 10.2. The number of nitrogens with one attached hydrogen (secondary N) is 1. The molecule has 0 aliphatic heterocycles. The molecule has 90 valence electrons. The fourth-order valence-electron chi connectivity index (χ4n) is 1.19. The second-order valence-electron chi connectivity index (χ2n) is 3.90. The van der Waals surface area contributed by atoms with Crippen molar-refractivity contribution in [2.45, 2.75) is 20.3 Å². The zero-order chi connectivity index (χ0) is 12.3. The van der Waals surface area contributed by atoms with Gasteiger partial charge in [0.05, 0.1) is 0 Å². The lowest BCUT2D eigenvalue weighted by Crippen LogP contribution is -2.17. The van der Waals surface area contributed by atoms with E-state index in [4.69, 9.17) is 0 Å². The molecule has 2 aromatic rings. The van der Waals surface area contributed by atoms with Crippen LogP contribution in [0.3, 0.4) is 0 Å². The van der Waals surface area contributed by atoms with Crippen LogP contribution in [0.1, 0.15) is 23.7 Å². The summed E-state index contributed by atoms with van der Waals surface area (Å²) >= 11 is 3.13. The van der Waals surface area contributed by atoms with Gasteiger partial charge >= 0.3 is 0 Å². The van der Waals surface area contributed by atoms with Crippen molar-refractivity contribution >= 4 is 33.7 Å². The van der Waals surface area contributed by atoms with Crippen LogP contribution in [0.25, 0.3) is 0 Å². The van der Waals surface area contributed by atoms with Gasteiger partial charge in [0, 0.05) is 17.2 Å². The van der Waals surface area contributed by atoms with E-state index >= 15 is 0 Å². The Bertz CT molecular complexity index is 491. The average molecular weight is 267 g/mol. The maximum absolute atomic E-state index is 11.5. The number of amides is 1. The molecule has 2 rings (SSSR count). The molecule has 0 spiro atoms. The van der Waals surface area contributed by atoms with Gasteiger partial charge in [-0.15, -0.1) is 21.5 Å². The molecule has 0 bridgehead atoms. The summed E-state index contributed by atoms with van der Waals surface area (Å²) in [5.41, 5.74) is 0. The van der Waals surface area contributed by atoms with Gasteiger partial charge in [-0.25, -0.2) is 0 Å². The topological polar surface area (TPSA) is 54.9 Å². The van der Waals surface area contributed by atoms with Crippen LogP contribution in [-0.2, 0) is 11.2 Å². The number of carbonyl (C=O) groups is 1. The predicted octanol–water partition coefficient (Wildman–Crippen LogP) is 2.78. The average Bonchev–Trinajstić information content (AvgIpc) is 2.91. The van der Waals surface area contributed by atoms with Gasteiger partial charge in [0.25, 0.3) is 0 Å². The highest BCUT2D eigenvalue weighted by atomic mass is 32.1. The van der Waals surface area contributed by atoms with E-state index in [1.807, 2.05) is 25.3 Å². The van der Waals surface area contributed by atoms with Gasteiger partial charge in [-0.2, -0.15) is 0 Å². The van der Waals surface area contributed by atoms with E-state index in [0.717, 1.165) is 11.4 Å². The number of hydrogen-bond donors (Lipinski definition) is 1. The molecule has 1 N–H and O–H groups in total. The zero-order valence-electron chi connectivity index (χ0n) is 9.64. The predicted molar refractivity (Wildman–Crippen MR) is 70.5 cm³/mol. The van der Waals surface area contributed by atoms with Crippen LogP contribution in [0.15, 0.2) is 17.5 Å². The van der Waals surface area contributed by atoms with Crippen molar-refractivity contribution in [2.24, 2.45) is 5.92 Å². The lowest BCUT2D eigenvalue weighted by Gasteiger charge is -2.02. The number of anilines is 1. The number of rotatable bonds is 4. The molecular formula is C11H13N3OS2. The molecule has 0 radical (unpaired) electrons. The molecule has 17 heavy (non-hydrogen) atoms. The minimum Gasteiger partial charge on any atom is -0.300 e. The lowest BCUT2D eigenvalue weighted by molar-refractivity contribution is -0.118. The number of hydrogen-bond acceptors (Lipinski definition) is 5. The molecule has 0 aromatic carbocycles. The number of carbonyl (C=O) groups excluding carboxylic acids is 1. The summed E-state index contributed by atoms with van der Waals surface area (Å²) in [6.45, 7) is 3.70. The van der Waals surface area contributed by atoms with Crippen molar-refractivity contribution in [3.63, 3.8) is 0 Å². The number of aromatic nitrogens is 2. The van der Waals surface area contributed by atoms with Crippen LogP contribution < -0.4 is 5.32 Å². The van der Waals surface area contributed by atoms with Gasteiger partial charge in [-0.1, -0.05) is 31.3 Å². The molecule has 0 fully saturated rings. The Hall–Kier alpha value is -1.27. The molecule has 0 aliphatic carbocycles. The second kappa shape index (κ2) is 5.37. The van der Waals surface area contributed by atoms with Crippen molar-refractivity contribution in [2.75, 3.05) is 5.32 Å². The first-order valence-electron chi connectivity index (χ1n) is 5.31. The zero-order valence-corrected chi connectivity index (χ0v) is 11.3.